The molecule has 0 spiro atoms. The molecule has 0 aliphatic heterocycles. The molecule has 0 atom stereocenters. The van der Waals surface area contributed by atoms with E-state index < -0.39 is 21.2 Å². The normalized spacial score (nSPS) is 10.9. The summed E-state index contributed by atoms with van der Waals surface area (Å²) in [7, 11) is 4.40. The van der Waals surface area contributed by atoms with Gasteiger partial charge < -0.3 is 0 Å². The van der Waals surface area contributed by atoms with E-state index in [1.54, 1.807) is 25.3 Å². The average molecular weight is 2560 g/mol. The third-order valence-electron chi connectivity index (χ3n) is 18.7. The Kier molecular flexibility index (Phi) is 45.5. The number of para-hydroxylation sites is 1. The minimum absolute atomic E-state index is 0.00313. The van der Waals surface area contributed by atoms with Crippen LogP contribution in [0.3, 0.4) is 0 Å². The van der Waals surface area contributed by atoms with Crippen molar-refractivity contribution in [2.75, 3.05) is 34.5 Å². The molecule has 0 saturated heterocycles. The zero-order valence-corrected chi connectivity index (χ0v) is 91.3. The van der Waals surface area contributed by atoms with Crippen molar-refractivity contribution in [3.63, 3.8) is 0 Å². The Morgan fingerprint density at radius 1 is 0.323 bits per heavy atom. The number of halogens is 9. The molecule has 0 amide bonds. The van der Waals surface area contributed by atoms with Gasteiger partial charge in [0.05, 0.1) is 0 Å². The van der Waals surface area contributed by atoms with E-state index in [1.807, 2.05) is 121 Å². The number of nitro groups is 1. The van der Waals surface area contributed by atoms with Crippen molar-refractivity contribution >= 4 is 57.6 Å². The Hall–Kier alpha value is -8.18. The van der Waals surface area contributed by atoms with Crippen LogP contribution < -0.4 is 148 Å². The Bertz CT molecular complexity index is 5720. The van der Waals surface area contributed by atoms with Gasteiger partial charge in [-0.15, -0.1) is 0 Å². The Labute approximate surface area is 850 Å². The SMILES string of the molecule is CC(C)(C)c1ccc([I-]c2ccc(C(C)(C)C)cc2)cc1.COC(=O)Cc1ccc([I-]c2ccc3ccccc3c2)cc1.COC(=O)Cc1ccc([I-]c2ccccc2)cc1.COCCOC(=O)Cc1ccc([I-]c2ccccc2O)cc1.Cc1ccc([I-]c2ccc(C)cc2)cc1.Cc1ccc([I-]c2ccc(Cl)cc2)cc1.O=[N+]([O-])c1ccc([I-]c2ccc(Cl)cc2)cc1. The molecule has 1 N–H and O–H groups in total. The Morgan fingerprint density at radius 2 is 0.608 bits per heavy atom. The predicted octanol–water partition coefficient (Wildman–Crippen LogP) is 3.46. The van der Waals surface area contributed by atoms with E-state index in [-0.39, 0.29) is 180 Å². The van der Waals surface area contributed by atoms with E-state index in [4.69, 9.17) is 32.7 Å². The number of aryl methyl sites for hydroxylation is 3. The molecule has 0 unspecified atom stereocenters. The number of rotatable bonds is 24. The third kappa shape index (κ3) is 39.9. The number of hydrogen-bond acceptors (Lipinski definition) is 10. The van der Waals surface area contributed by atoms with Crippen molar-refractivity contribution in [2.24, 2.45) is 0 Å². The second kappa shape index (κ2) is 56.1. The van der Waals surface area contributed by atoms with Crippen LogP contribution in [0, 0.1) is 80.9 Å². The first-order valence-electron chi connectivity index (χ1n) is 41.6. The number of fused-ring (bicyclic) bond motifs is 1. The number of methoxy groups -OCH3 is 3. The Balaban J connectivity index is 0.000000172. The van der Waals surface area contributed by atoms with Crippen LogP contribution >= 0.6 is 23.2 Å². The molecule has 0 radical (unpaired) electrons. The Morgan fingerprint density at radius 3 is 0.954 bits per heavy atom. The number of aromatic hydroxyl groups is 1. The van der Waals surface area contributed by atoms with Gasteiger partial charge in [-0.25, -0.2) is 0 Å². The van der Waals surface area contributed by atoms with Crippen LogP contribution in [0.15, 0.2) is 364 Å². The summed E-state index contributed by atoms with van der Waals surface area (Å²) in [6, 6.07) is 125. The van der Waals surface area contributed by atoms with Crippen LogP contribution in [0.2, 0.25) is 10.0 Å². The van der Waals surface area contributed by atoms with E-state index in [1.165, 1.54) is 95.7 Å². The number of phenolic OH excluding ortho intramolecular Hbond substituents is 1. The standard InChI is InChI=1S/C20H26I.C19H16IO2.C17H18IO4.C15H14IO2.C14H14I.C13H11ClI.C12H8ClINO2/c1-19(2,3)15-7-11-17(12-8-15)21-18-13-9-16(10-14-18)20(4,5)6;1-22-19(21)12-14-6-9-17(10-7-14)20-18-11-8-15-4-2-3-5-16(15)13-18;1-21-10-11-22-17(20)12-13-6-8-14(9-7-13)18-15-4-2-3-5-16(15)19;1-18-15(17)11-12-7-9-14(10-8-12)16-13-5-3-2-4-6-13;1-11-3-7-13(8-4-11)15-14-9-5-12(2)6-10-14;1-10-2-6-12(7-3-10)15-13-8-4-11(14)5-9-13;13-9-1-3-10(4-2-9)14-11-5-7-12(8-6-11)15(16)17/h7-14H,1-6H3;2-11,13H,12H2,1H3;2-9,19H,10-12H2,1H3;2-10H,11H2,1H3;3-10H,1-2H3;2-9H,1H3;1-8H/q7*-1. The number of carbonyl (C=O) groups is 3. The summed E-state index contributed by atoms with van der Waals surface area (Å²) in [4.78, 5) is 44.1. The second-order valence-electron chi connectivity index (χ2n) is 31.2. The molecule has 20 heteroatoms. The van der Waals surface area contributed by atoms with Gasteiger partial charge in [0, 0.05) is 0 Å². The monoisotopic (exact) mass is 2560 g/mol. The molecule has 0 bridgehead atoms. The van der Waals surface area contributed by atoms with E-state index in [2.05, 4.69) is 296 Å². The number of phenols is 1. The number of nitrogens with zero attached hydrogens (tertiary/aromatic N) is 1. The summed E-state index contributed by atoms with van der Waals surface area (Å²) in [5, 5.41) is 24.4. The zero-order valence-electron chi connectivity index (χ0n) is 74.6. The van der Waals surface area contributed by atoms with E-state index >= 15 is 0 Å². The fourth-order valence-electron chi connectivity index (χ4n) is 11.5. The molecule has 682 valence electrons. The van der Waals surface area contributed by atoms with E-state index in [0.717, 1.165) is 33.9 Å². The number of non-ortho nitro benzene ring substituents is 1. The molecule has 15 rings (SSSR count). The fraction of sp³-hybridized carbons (Fsp3) is 0.173. The van der Waals surface area contributed by atoms with Crippen LogP contribution in [-0.2, 0) is 63.4 Å². The van der Waals surface area contributed by atoms with Crippen molar-refractivity contribution in [2.45, 2.75) is 92.4 Å². The molecule has 0 fully saturated rings. The van der Waals surface area contributed by atoms with Gasteiger partial charge in [-0.3, -0.25) is 0 Å². The number of esters is 3. The van der Waals surface area contributed by atoms with E-state index in [0.29, 0.717) is 25.2 Å². The van der Waals surface area contributed by atoms with Crippen LogP contribution in [0.4, 0.5) is 5.69 Å². The molecule has 11 nitrogen and oxygen atoms in total. The average Bonchev–Trinajstić information content (AvgIpc) is 0.838. The first-order valence-corrected chi connectivity index (χ1v) is 57.4. The first kappa shape index (κ1) is 106. The molecule has 0 saturated carbocycles. The summed E-state index contributed by atoms with van der Waals surface area (Å²) >= 11 is 10.5. The van der Waals surface area contributed by atoms with Crippen molar-refractivity contribution in [3.8, 4) is 5.75 Å². The molecule has 0 heterocycles. The van der Waals surface area contributed by atoms with Crippen LogP contribution in [-0.4, -0.2) is 62.5 Å². The van der Waals surface area contributed by atoms with Crippen LogP contribution in [0.1, 0.15) is 86.1 Å². The van der Waals surface area contributed by atoms with Gasteiger partial charge in [0.1, 0.15) is 0 Å². The summed E-state index contributed by atoms with van der Waals surface area (Å²) in [5.41, 5.74) is 10.4. The summed E-state index contributed by atoms with van der Waals surface area (Å²) in [5.74, 6) is -0.293. The maximum absolute atomic E-state index is 11.6. The molecular weight excluding hydrogens is 2450 g/mol. The first-order chi connectivity index (χ1) is 62.5. The topological polar surface area (TPSA) is 152 Å². The quantitative estimate of drug-likeness (QED) is 0.0238. The zero-order chi connectivity index (χ0) is 93.2. The number of hydrogen-bond donors (Lipinski definition) is 1. The minimum atomic E-state index is -0.422. The summed E-state index contributed by atoms with van der Waals surface area (Å²) < 4.78 is 38.1. The number of nitro benzene ring substituents is 1. The van der Waals surface area contributed by atoms with E-state index in [9.17, 15) is 29.6 Å². The van der Waals surface area contributed by atoms with Gasteiger partial charge >= 0.3 is 861 Å². The predicted molar refractivity (Wildman–Crippen MR) is 497 cm³/mol. The molecule has 15 aromatic carbocycles. The van der Waals surface area contributed by atoms with Crippen molar-refractivity contribution in [1.82, 2.24) is 0 Å². The van der Waals surface area contributed by atoms with Gasteiger partial charge in [0.15, 0.2) is 0 Å². The van der Waals surface area contributed by atoms with Gasteiger partial charge in [0.2, 0.25) is 0 Å². The summed E-state index contributed by atoms with van der Waals surface area (Å²) in [6.07, 6.45) is 0.949. The van der Waals surface area contributed by atoms with Gasteiger partial charge in [-0.05, 0) is 0 Å². The molecule has 130 heavy (non-hydrogen) atoms. The van der Waals surface area contributed by atoms with Crippen molar-refractivity contribution in [3.05, 3.63) is 479 Å². The maximum atomic E-state index is 11.6. The van der Waals surface area contributed by atoms with Gasteiger partial charge in [-0.1, -0.05) is 0 Å². The molecule has 0 aliphatic rings. The molecule has 0 aliphatic carbocycles. The van der Waals surface area contributed by atoms with Gasteiger partial charge in [-0.2, -0.15) is 0 Å². The third-order valence-corrected chi connectivity index (χ3v) is 38.1. The van der Waals surface area contributed by atoms with Gasteiger partial charge in [0.25, 0.3) is 0 Å². The molecular formula is C110H107Cl2I7NO10-7. The van der Waals surface area contributed by atoms with Crippen molar-refractivity contribution in [1.29, 1.82) is 0 Å². The number of carbonyl (C=O) groups excluding carboxylic acids is 3. The second-order valence-corrected chi connectivity index (χ2v) is 53.2. The van der Waals surface area contributed by atoms with Crippen LogP contribution in [0.25, 0.3) is 10.8 Å². The fourth-order valence-corrected chi connectivity index (χ4v) is 27.1. The molecule has 15 aromatic rings. The van der Waals surface area contributed by atoms with Crippen LogP contribution in [0.5, 0.6) is 5.75 Å². The number of benzene rings is 15. The number of ether oxygens (including phenoxy) is 4. The van der Waals surface area contributed by atoms with Crippen molar-refractivity contribution < 1.29 is 192 Å². The summed E-state index contributed by atoms with van der Waals surface area (Å²) in [6.45, 7) is 20.7. The molecule has 0 aromatic heterocycles.